The molecular weight excluding hydrogens is 375 g/mol. The molecule has 1 aliphatic rings. The molecule has 1 heterocycles. The fraction of sp³-hybridized carbons (Fsp3) is 0.200. The monoisotopic (exact) mass is 384 g/mol. The number of hydrogen-bond donors (Lipinski definition) is 0. The molecule has 0 aromatic heterocycles. The average Bonchev–Trinajstić information content (AvgIpc) is 2.85. The van der Waals surface area contributed by atoms with Crippen LogP contribution in [0.15, 0.2) is 40.9 Å². The third-order valence-electron chi connectivity index (χ3n) is 3.29. The molecule has 1 nitrogen and oxygen atoms in total. The molecule has 0 N–H and O–H groups in total. The van der Waals surface area contributed by atoms with Crippen LogP contribution in [0.3, 0.4) is 0 Å². The van der Waals surface area contributed by atoms with Gasteiger partial charge in [-0.1, -0.05) is 56.1 Å². The van der Waals surface area contributed by atoms with E-state index in [1.807, 2.05) is 12.1 Å². The first-order valence-corrected chi connectivity index (χ1v) is 7.65. The molecule has 2 aromatic rings. The van der Waals surface area contributed by atoms with Gasteiger partial charge in [-0.15, -0.1) is 0 Å². The van der Waals surface area contributed by atoms with Gasteiger partial charge in [-0.05, 0) is 28.8 Å². The second-order valence-corrected chi connectivity index (χ2v) is 6.29. The maximum absolute atomic E-state index is 14.0. The largest absolute Gasteiger partial charge is 0.372 e. The summed E-state index contributed by atoms with van der Waals surface area (Å²) in [6, 6.07) is 11.2. The van der Waals surface area contributed by atoms with Crippen LogP contribution < -0.4 is 0 Å². The van der Waals surface area contributed by atoms with Crippen molar-refractivity contribution in [2.24, 2.45) is 0 Å². The van der Waals surface area contributed by atoms with Crippen LogP contribution in [0.1, 0.15) is 27.1 Å². The van der Waals surface area contributed by atoms with Crippen LogP contribution in [0.2, 0.25) is 0 Å². The highest BCUT2D eigenvalue weighted by Gasteiger charge is 2.20. The predicted octanol–water partition coefficient (Wildman–Crippen LogP) is 5.10. The van der Waals surface area contributed by atoms with Gasteiger partial charge in [0.25, 0.3) is 0 Å². The van der Waals surface area contributed by atoms with Gasteiger partial charge < -0.3 is 4.74 Å². The van der Waals surface area contributed by atoms with Crippen LogP contribution in [-0.4, -0.2) is 0 Å². The Kier molecular flexibility index (Phi) is 3.74. The van der Waals surface area contributed by atoms with E-state index < -0.39 is 0 Å². The third kappa shape index (κ3) is 2.49. The lowest BCUT2D eigenvalue weighted by Crippen LogP contribution is -1.99. The molecule has 1 aliphatic heterocycles. The number of hydrogen-bond acceptors (Lipinski definition) is 1. The van der Waals surface area contributed by atoms with Gasteiger partial charge >= 0.3 is 0 Å². The molecule has 0 saturated heterocycles. The second-order valence-electron chi connectivity index (χ2n) is 4.52. The normalized spacial score (nSPS) is 15.3. The SMILES string of the molecule is Fc1cccc(Br)c1C(Br)c1ccc2c(c1)COC2. The fourth-order valence-electron chi connectivity index (χ4n) is 2.27. The van der Waals surface area contributed by atoms with Gasteiger partial charge in [0.2, 0.25) is 0 Å². The quantitative estimate of drug-likeness (QED) is 0.653. The summed E-state index contributed by atoms with van der Waals surface area (Å²) < 4.78 is 20.1. The second kappa shape index (κ2) is 5.35. The van der Waals surface area contributed by atoms with E-state index in [4.69, 9.17) is 4.74 Å². The summed E-state index contributed by atoms with van der Waals surface area (Å²) in [6.45, 7) is 1.31. The van der Waals surface area contributed by atoms with Crippen molar-refractivity contribution >= 4 is 31.9 Å². The topological polar surface area (TPSA) is 9.23 Å². The molecule has 1 atom stereocenters. The van der Waals surface area contributed by atoms with Gasteiger partial charge in [-0.25, -0.2) is 4.39 Å². The lowest BCUT2D eigenvalue weighted by molar-refractivity contribution is 0.134. The van der Waals surface area contributed by atoms with Crippen LogP contribution >= 0.6 is 31.9 Å². The van der Waals surface area contributed by atoms with Crippen molar-refractivity contribution in [2.75, 3.05) is 0 Å². The molecule has 3 rings (SSSR count). The highest BCUT2D eigenvalue weighted by molar-refractivity contribution is 9.11. The number of fused-ring (bicyclic) bond motifs is 1. The van der Waals surface area contributed by atoms with Crippen molar-refractivity contribution in [3.63, 3.8) is 0 Å². The zero-order chi connectivity index (χ0) is 13.4. The minimum absolute atomic E-state index is 0.172. The maximum Gasteiger partial charge on any atom is 0.129 e. The molecular formula is C15H11Br2FO. The smallest absolute Gasteiger partial charge is 0.129 e. The van der Waals surface area contributed by atoms with E-state index in [1.165, 1.54) is 17.2 Å². The van der Waals surface area contributed by atoms with E-state index in [1.54, 1.807) is 6.07 Å². The Morgan fingerprint density at radius 2 is 1.89 bits per heavy atom. The van der Waals surface area contributed by atoms with Gasteiger partial charge in [0.15, 0.2) is 0 Å². The van der Waals surface area contributed by atoms with Crippen molar-refractivity contribution < 1.29 is 9.13 Å². The Labute approximate surface area is 128 Å². The summed E-state index contributed by atoms with van der Waals surface area (Å²) >= 11 is 7.01. The summed E-state index contributed by atoms with van der Waals surface area (Å²) in [7, 11) is 0. The molecule has 19 heavy (non-hydrogen) atoms. The van der Waals surface area contributed by atoms with Crippen molar-refractivity contribution in [3.05, 3.63) is 68.9 Å². The number of halogens is 3. The van der Waals surface area contributed by atoms with Crippen molar-refractivity contribution in [1.29, 1.82) is 0 Å². The first kappa shape index (κ1) is 13.3. The highest BCUT2D eigenvalue weighted by atomic mass is 79.9. The number of ether oxygens (including phenoxy) is 1. The highest BCUT2D eigenvalue weighted by Crippen LogP contribution is 2.38. The zero-order valence-corrected chi connectivity index (χ0v) is 13.2. The minimum Gasteiger partial charge on any atom is -0.372 e. The third-order valence-corrected chi connectivity index (χ3v) is 4.97. The van der Waals surface area contributed by atoms with Gasteiger partial charge in [-0.2, -0.15) is 0 Å². The average molecular weight is 386 g/mol. The molecule has 4 heteroatoms. The fourth-order valence-corrected chi connectivity index (χ4v) is 3.90. The Morgan fingerprint density at radius 1 is 1.11 bits per heavy atom. The minimum atomic E-state index is -0.215. The predicted molar refractivity (Wildman–Crippen MR) is 79.8 cm³/mol. The van der Waals surface area contributed by atoms with E-state index in [2.05, 4.69) is 44.0 Å². The Balaban J connectivity index is 2.02. The van der Waals surface area contributed by atoms with Crippen LogP contribution in [-0.2, 0) is 18.0 Å². The van der Waals surface area contributed by atoms with Crippen LogP contribution in [0.5, 0.6) is 0 Å². The Morgan fingerprint density at radius 3 is 2.68 bits per heavy atom. The number of rotatable bonds is 2. The van der Waals surface area contributed by atoms with Crippen LogP contribution in [0, 0.1) is 5.82 Å². The summed E-state index contributed by atoms with van der Waals surface area (Å²) in [6.07, 6.45) is 0. The summed E-state index contributed by atoms with van der Waals surface area (Å²) in [5.41, 5.74) is 4.07. The molecule has 0 radical (unpaired) electrons. The van der Waals surface area contributed by atoms with E-state index in [0.29, 0.717) is 18.8 Å². The summed E-state index contributed by atoms with van der Waals surface area (Å²) in [4.78, 5) is -0.172. The van der Waals surface area contributed by atoms with Gasteiger partial charge in [0.1, 0.15) is 5.82 Å². The number of benzene rings is 2. The van der Waals surface area contributed by atoms with Gasteiger partial charge in [0, 0.05) is 10.0 Å². The summed E-state index contributed by atoms with van der Waals surface area (Å²) in [5, 5.41) is 0. The standard InChI is InChI=1S/C15H11Br2FO/c16-12-2-1-3-13(18)14(12)15(17)9-4-5-10-7-19-8-11(10)6-9/h1-6,15H,7-8H2. The molecule has 0 spiro atoms. The van der Waals surface area contributed by atoms with E-state index in [0.717, 1.165) is 10.0 Å². The molecule has 0 aliphatic carbocycles. The number of alkyl halides is 1. The molecule has 0 fully saturated rings. The van der Waals surface area contributed by atoms with E-state index in [9.17, 15) is 4.39 Å². The first-order chi connectivity index (χ1) is 9.16. The maximum atomic E-state index is 14.0. The molecule has 0 bridgehead atoms. The Hall–Kier alpha value is -0.710. The lowest BCUT2D eigenvalue weighted by Gasteiger charge is -2.14. The first-order valence-electron chi connectivity index (χ1n) is 5.94. The van der Waals surface area contributed by atoms with E-state index in [-0.39, 0.29) is 10.6 Å². The van der Waals surface area contributed by atoms with E-state index >= 15 is 0 Å². The van der Waals surface area contributed by atoms with Gasteiger partial charge in [0.05, 0.1) is 18.0 Å². The van der Waals surface area contributed by atoms with Crippen molar-refractivity contribution in [1.82, 2.24) is 0 Å². The molecule has 0 amide bonds. The molecule has 0 saturated carbocycles. The van der Waals surface area contributed by atoms with Crippen molar-refractivity contribution in [2.45, 2.75) is 18.0 Å². The summed E-state index contributed by atoms with van der Waals surface area (Å²) in [5.74, 6) is -0.215. The lowest BCUT2D eigenvalue weighted by atomic mass is 10.00. The molecule has 98 valence electrons. The molecule has 1 unspecified atom stereocenters. The zero-order valence-electron chi connectivity index (χ0n) is 10.00. The molecule has 2 aromatic carbocycles. The van der Waals surface area contributed by atoms with Crippen LogP contribution in [0.25, 0.3) is 0 Å². The van der Waals surface area contributed by atoms with Crippen molar-refractivity contribution in [3.8, 4) is 0 Å². The Bertz CT molecular complexity index is 607. The van der Waals surface area contributed by atoms with Gasteiger partial charge in [-0.3, -0.25) is 0 Å². The van der Waals surface area contributed by atoms with Crippen LogP contribution in [0.4, 0.5) is 4.39 Å².